The number of ether oxygens (including phenoxy) is 1. The molecule has 0 aromatic rings. The number of hydrogen-bond acceptors (Lipinski definition) is 5. The fraction of sp³-hybridized carbons (Fsp3) is 0.875. The van der Waals surface area contributed by atoms with Crippen LogP contribution in [0.5, 0.6) is 0 Å². The third-order valence-electron chi connectivity index (χ3n) is 4.11. The number of amides is 2. The Balaban J connectivity index is 1.63. The average Bonchev–Trinajstić information content (AvgIpc) is 2.48. The van der Waals surface area contributed by atoms with Crippen LogP contribution in [0, 0.1) is 0 Å². The van der Waals surface area contributed by atoms with Crippen molar-refractivity contribution < 1.29 is 14.3 Å². The van der Waals surface area contributed by atoms with Crippen LogP contribution in [0.15, 0.2) is 0 Å². The fourth-order valence-corrected chi connectivity index (χ4v) is 2.85. The summed E-state index contributed by atoms with van der Waals surface area (Å²) in [7, 11) is 0. The molecule has 2 heterocycles. The van der Waals surface area contributed by atoms with Gasteiger partial charge in [-0.3, -0.25) is 9.69 Å². The lowest BCUT2D eigenvalue weighted by Crippen LogP contribution is -2.51. The first-order chi connectivity index (χ1) is 10.8. The SMILES string of the molecule is CC(C)(C)OC(=O)N1CCN(CCCN2CCNCC2=O)CC1. The highest BCUT2D eigenvalue weighted by Gasteiger charge is 2.25. The summed E-state index contributed by atoms with van der Waals surface area (Å²) in [5.41, 5.74) is -0.440. The first kappa shape index (κ1) is 18.0. The molecular formula is C16H30N4O3. The monoisotopic (exact) mass is 326 g/mol. The van der Waals surface area contributed by atoms with Crippen molar-refractivity contribution in [2.75, 3.05) is 58.9 Å². The second kappa shape index (κ2) is 7.97. The predicted octanol–water partition coefficient (Wildman–Crippen LogP) is 0.361. The number of hydrogen-bond donors (Lipinski definition) is 1. The molecule has 2 amide bonds. The molecule has 0 radical (unpaired) electrons. The van der Waals surface area contributed by atoms with E-state index in [0.29, 0.717) is 19.6 Å². The van der Waals surface area contributed by atoms with Gasteiger partial charge in [-0.15, -0.1) is 0 Å². The molecule has 0 aromatic heterocycles. The Morgan fingerprint density at radius 2 is 1.83 bits per heavy atom. The van der Waals surface area contributed by atoms with E-state index in [1.807, 2.05) is 25.7 Å². The highest BCUT2D eigenvalue weighted by atomic mass is 16.6. The summed E-state index contributed by atoms with van der Waals surface area (Å²) in [6, 6.07) is 0. The number of nitrogens with zero attached hydrogens (tertiary/aromatic N) is 3. The van der Waals surface area contributed by atoms with Crippen molar-refractivity contribution in [3.8, 4) is 0 Å². The molecule has 23 heavy (non-hydrogen) atoms. The summed E-state index contributed by atoms with van der Waals surface area (Å²) in [6.07, 6.45) is 0.765. The van der Waals surface area contributed by atoms with E-state index in [2.05, 4.69) is 10.2 Å². The van der Waals surface area contributed by atoms with Gasteiger partial charge in [-0.1, -0.05) is 0 Å². The zero-order valence-corrected chi connectivity index (χ0v) is 14.6. The standard InChI is InChI=1S/C16H30N4O3/c1-16(2,3)23-15(22)20-11-9-18(10-12-20)6-4-7-19-8-5-17-13-14(19)21/h17H,4-13H2,1-3H3. The third kappa shape index (κ3) is 5.99. The molecule has 2 aliphatic heterocycles. The molecule has 0 unspecified atom stereocenters. The topological polar surface area (TPSA) is 65.1 Å². The normalized spacial score (nSPS) is 20.7. The van der Waals surface area contributed by atoms with Crippen LogP contribution in [0.4, 0.5) is 4.79 Å². The first-order valence-electron chi connectivity index (χ1n) is 8.54. The molecule has 0 aromatic carbocycles. The maximum atomic E-state index is 12.0. The maximum Gasteiger partial charge on any atom is 0.410 e. The van der Waals surface area contributed by atoms with E-state index in [4.69, 9.17) is 4.74 Å². The minimum atomic E-state index is -0.440. The largest absolute Gasteiger partial charge is 0.444 e. The van der Waals surface area contributed by atoms with Gasteiger partial charge >= 0.3 is 6.09 Å². The van der Waals surface area contributed by atoms with Crippen molar-refractivity contribution >= 4 is 12.0 Å². The summed E-state index contributed by atoms with van der Waals surface area (Å²) in [6.45, 7) is 12.8. The predicted molar refractivity (Wildman–Crippen MR) is 88.3 cm³/mol. The minimum Gasteiger partial charge on any atom is -0.444 e. The molecule has 0 atom stereocenters. The highest BCUT2D eigenvalue weighted by molar-refractivity contribution is 5.78. The van der Waals surface area contributed by atoms with Gasteiger partial charge in [0.05, 0.1) is 6.54 Å². The van der Waals surface area contributed by atoms with Gasteiger partial charge in [0.1, 0.15) is 5.60 Å². The number of carbonyl (C=O) groups excluding carboxylic acids is 2. The summed E-state index contributed by atoms with van der Waals surface area (Å²) in [4.78, 5) is 29.8. The average molecular weight is 326 g/mol. The van der Waals surface area contributed by atoms with E-state index in [0.717, 1.165) is 45.7 Å². The van der Waals surface area contributed by atoms with Crippen LogP contribution in [-0.4, -0.2) is 91.2 Å². The van der Waals surface area contributed by atoms with Crippen LogP contribution in [0.25, 0.3) is 0 Å². The summed E-state index contributed by atoms with van der Waals surface area (Å²) >= 11 is 0. The number of carbonyl (C=O) groups is 2. The number of piperazine rings is 2. The molecule has 2 aliphatic rings. The molecule has 2 fully saturated rings. The van der Waals surface area contributed by atoms with E-state index in [-0.39, 0.29) is 12.0 Å². The van der Waals surface area contributed by atoms with Crippen LogP contribution in [-0.2, 0) is 9.53 Å². The van der Waals surface area contributed by atoms with Crippen LogP contribution in [0.2, 0.25) is 0 Å². The molecule has 2 saturated heterocycles. The Hall–Kier alpha value is -1.34. The molecule has 132 valence electrons. The van der Waals surface area contributed by atoms with Crippen molar-refractivity contribution in [1.82, 2.24) is 20.0 Å². The van der Waals surface area contributed by atoms with E-state index >= 15 is 0 Å². The zero-order chi connectivity index (χ0) is 16.9. The highest BCUT2D eigenvalue weighted by Crippen LogP contribution is 2.12. The van der Waals surface area contributed by atoms with Crippen molar-refractivity contribution in [3.63, 3.8) is 0 Å². The van der Waals surface area contributed by atoms with Crippen LogP contribution in [0.3, 0.4) is 0 Å². The fourth-order valence-electron chi connectivity index (χ4n) is 2.85. The van der Waals surface area contributed by atoms with Crippen molar-refractivity contribution in [2.45, 2.75) is 32.8 Å². The molecule has 1 N–H and O–H groups in total. The Bertz CT molecular complexity index is 414. The molecule has 7 heteroatoms. The Morgan fingerprint density at radius 3 is 2.43 bits per heavy atom. The van der Waals surface area contributed by atoms with Crippen molar-refractivity contribution in [3.05, 3.63) is 0 Å². The second-order valence-corrected chi connectivity index (χ2v) is 7.22. The second-order valence-electron chi connectivity index (χ2n) is 7.22. The van der Waals surface area contributed by atoms with Crippen LogP contribution < -0.4 is 5.32 Å². The van der Waals surface area contributed by atoms with E-state index in [9.17, 15) is 9.59 Å². The van der Waals surface area contributed by atoms with Gasteiger partial charge in [0.25, 0.3) is 0 Å². The third-order valence-corrected chi connectivity index (χ3v) is 4.11. The van der Waals surface area contributed by atoms with Gasteiger partial charge in [0.15, 0.2) is 0 Å². The number of nitrogens with one attached hydrogen (secondary N) is 1. The molecule has 0 bridgehead atoms. The molecule has 0 saturated carbocycles. The smallest absolute Gasteiger partial charge is 0.410 e. The van der Waals surface area contributed by atoms with Gasteiger partial charge in [0, 0.05) is 45.8 Å². The van der Waals surface area contributed by atoms with Gasteiger partial charge in [-0.05, 0) is 33.7 Å². The van der Waals surface area contributed by atoms with Gasteiger partial charge in [-0.25, -0.2) is 4.79 Å². The zero-order valence-electron chi connectivity index (χ0n) is 14.6. The maximum absolute atomic E-state index is 12.0. The lowest BCUT2D eigenvalue weighted by molar-refractivity contribution is -0.132. The van der Waals surface area contributed by atoms with Crippen LogP contribution >= 0.6 is 0 Å². The van der Waals surface area contributed by atoms with E-state index in [1.54, 1.807) is 4.90 Å². The quantitative estimate of drug-likeness (QED) is 0.808. The Morgan fingerprint density at radius 1 is 1.13 bits per heavy atom. The molecular weight excluding hydrogens is 296 g/mol. The lowest BCUT2D eigenvalue weighted by atomic mass is 10.2. The summed E-state index contributed by atoms with van der Waals surface area (Å²) in [5.74, 6) is 0.200. The van der Waals surface area contributed by atoms with E-state index in [1.165, 1.54) is 0 Å². The minimum absolute atomic E-state index is 0.200. The Labute approximate surface area is 138 Å². The van der Waals surface area contributed by atoms with E-state index < -0.39 is 5.60 Å². The molecule has 7 nitrogen and oxygen atoms in total. The Kier molecular flexibility index (Phi) is 6.24. The van der Waals surface area contributed by atoms with Crippen molar-refractivity contribution in [1.29, 1.82) is 0 Å². The number of rotatable bonds is 4. The van der Waals surface area contributed by atoms with Gasteiger partial charge < -0.3 is 19.9 Å². The summed E-state index contributed by atoms with van der Waals surface area (Å²) < 4.78 is 5.40. The van der Waals surface area contributed by atoms with Crippen molar-refractivity contribution in [2.24, 2.45) is 0 Å². The van der Waals surface area contributed by atoms with Gasteiger partial charge in [0.2, 0.25) is 5.91 Å². The lowest BCUT2D eigenvalue weighted by Gasteiger charge is -2.36. The molecule has 0 spiro atoms. The molecule has 2 rings (SSSR count). The van der Waals surface area contributed by atoms with Crippen LogP contribution in [0.1, 0.15) is 27.2 Å². The summed E-state index contributed by atoms with van der Waals surface area (Å²) in [5, 5.41) is 3.08. The van der Waals surface area contributed by atoms with Gasteiger partial charge in [-0.2, -0.15) is 0 Å². The molecule has 0 aliphatic carbocycles. The first-order valence-corrected chi connectivity index (χ1v) is 8.54.